The fourth-order valence-electron chi connectivity index (χ4n) is 5.24. The van der Waals surface area contributed by atoms with Gasteiger partial charge in [0.15, 0.2) is 0 Å². The lowest BCUT2D eigenvalue weighted by Crippen LogP contribution is -2.29. The van der Waals surface area contributed by atoms with E-state index in [0.717, 1.165) is 45.8 Å². The van der Waals surface area contributed by atoms with E-state index in [4.69, 9.17) is 0 Å². The van der Waals surface area contributed by atoms with E-state index in [0.29, 0.717) is 49.5 Å². The van der Waals surface area contributed by atoms with Crippen LogP contribution in [0.3, 0.4) is 0 Å². The molecule has 2 aliphatic rings. The van der Waals surface area contributed by atoms with Crippen LogP contribution in [0.4, 0.5) is 24.5 Å². The summed E-state index contributed by atoms with van der Waals surface area (Å²) in [4.78, 5) is 15.5. The number of alkyl halides is 3. The number of nitrogens with zero attached hydrogens (tertiary/aromatic N) is 3. The normalized spacial score (nSPS) is 18.1. The van der Waals surface area contributed by atoms with Crippen molar-refractivity contribution in [1.29, 1.82) is 0 Å². The Hall–Kier alpha value is -3.33. The van der Waals surface area contributed by atoms with Crippen molar-refractivity contribution in [2.45, 2.75) is 51.8 Å². The van der Waals surface area contributed by atoms with E-state index in [9.17, 15) is 23.1 Å². The summed E-state index contributed by atoms with van der Waals surface area (Å²) >= 11 is 0. The standard InChI is InChI=1S/C27H29F3N4O2/c1-16-11-17(2)13-18(12-16)24-21-5-3-4-9-31-25(21)26(36)34(32-24)23-14-19(33-10-8-20(35)15-33)6-7-22(23)27(28,29)30/h6-7,11-14,20,31,35H,3-5,8-10,15H2,1-2H3. The van der Waals surface area contributed by atoms with Gasteiger partial charge in [-0.1, -0.05) is 17.2 Å². The van der Waals surface area contributed by atoms with E-state index in [1.54, 1.807) is 0 Å². The number of aromatic nitrogens is 2. The van der Waals surface area contributed by atoms with Crippen molar-refractivity contribution in [2.75, 3.05) is 29.9 Å². The molecule has 9 heteroatoms. The molecule has 6 nitrogen and oxygen atoms in total. The third kappa shape index (κ3) is 4.59. The SMILES string of the molecule is Cc1cc(C)cc(-c2nn(-c3cc(N4CCC(O)C4)ccc3C(F)(F)F)c(=O)c3c2CCCCN3)c1. The minimum absolute atomic E-state index is 0.312. The third-order valence-corrected chi connectivity index (χ3v) is 6.89. The van der Waals surface area contributed by atoms with E-state index >= 15 is 0 Å². The summed E-state index contributed by atoms with van der Waals surface area (Å²) in [5.74, 6) is 0. The highest BCUT2D eigenvalue weighted by atomic mass is 19.4. The molecule has 2 N–H and O–H groups in total. The quantitative estimate of drug-likeness (QED) is 0.540. The number of hydrogen-bond donors (Lipinski definition) is 2. The summed E-state index contributed by atoms with van der Waals surface area (Å²) in [6.45, 7) is 5.33. The van der Waals surface area contributed by atoms with Crippen LogP contribution in [-0.2, 0) is 12.6 Å². The number of fused-ring (bicyclic) bond motifs is 1. The van der Waals surface area contributed by atoms with Crippen LogP contribution in [0.2, 0.25) is 0 Å². The molecule has 2 aromatic carbocycles. The largest absolute Gasteiger partial charge is 0.418 e. The summed E-state index contributed by atoms with van der Waals surface area (Å²) in [6, 6.07) is 9.67. The van der Waals surface area contributed by atoms with Crippen molar-refractivity contribution in [1.82, 2.24) is 9.78 Å². The maximum absolute atomic E-state index is 14.2. The van der Waals surface area contributed by atoms with Crippen LogP contribution in [0, 0.1) is 13.8 Å². The van der Waals surface area contributed by atoms with Gasteiger partial charge in [0.1, 0.15) is 5.69 Å². The second-order valence-corrected chi connectivity index (χ2v) is 9.77. The fraction of sp³-hybridized carbons (Fsp3) is 0.407. The summed E-state index contributed by atoms with van der Waals surface area (Å²) in [7, 11) is 0. The van der Waals surface area contributed by atoms with Gasteiger partial charge in [0.05, 0.1) is 23.0 Å². The second kappa shape index (κ2) is 9.28. The Labute approximate surface area is 207 Å². The molecule has 0 amide bonds. The number of anilines is 2. The summed E-state index contributed by atoms with van der Waals surface area (Å²) < 4.78 is 43.4. The highest BCUT2D eigenvalue weighted by molar-refractivity contribution is 5.72. The molecule has 0 radical (unpaired) electrons. The number of nitrogens with one attached hydrogen (secondary N) is 1. The summed E-state index contributed by atoms with van der Waals surface area (Å²) in [5, 5.41) is 17.7. The zero-order chi connectivity index (χ0) is 25.6. The van der Waals surface area contributed by atoms with Crippen molar-refractivity contribution in [3.8, 4) is 16.9 Å². The summed E-state index contributed by atoms with van der Waals surface area (Å²) in [5.41, 5.74) is 3.03. The van der Waals surface area contributed by atoms with E-state index in [1.165, 1.54) is 12.1 Å². The van der Waals surface area contributed by atoms with Gasteiger partial charge in [0, 0.05) is 36.4 Å². The average Bonchev–Trinajstić information content (AvgIpc) is 3.09. The van der Waals surface area contributed by atoms with E-state index in [1.807, 2.05) is 36.9 Å². The molecule has 3 aromatic rings. The van der Waals surface area contributed by atoms with Gasteiger partial charge in [0.25, 0.3) is 5.56 Å². The number of rotatable bonds is 3. The number of β-amino-alcohol motifs (C(OH)–C–C–N with tert-alkyl or cyclic N) is 1. The van der Waals surface area contributed by atoms with E-state index < -0.39 is 23.4 Å². The van der Waals surface area contributed by atoms with Crippen molar-refractivity contribution < 1.29 is 18.3 Å². The lowest BCUT2D eigenvalue weighted by Gasteiger charge is -2.22. The van der Waals surface area contributed by atoms with Gasteiger partial charge in [-0.05, 0) is 69.9 Å². The first-order chi connectivity index (χ1) is 17.1. The molecule has 5 rings (SSSR count). The van der Waals surface area contributed by atoms with Crippen LogP contribution >= 0.6 is 0 Å². The van der Waals surface area contributed by atoms with Gasteiger partial charge in [-0.25, -0.2) is 0 Å². The van der Waals surface area contributed by atoms with Crippen LogP contribution in [0.5, 0.6) is 0 Å². The number of benzene rings is 2. The Morgan fingerprint density at radius 1 is 1.08 bits per heavy atom. The van der Waals surface area contributed by atoms with Gasteiger partial charge in [-0.15, -0.1) is 0 Å². The maximum Gasteiger partial charge on any atom is 0.418 e. The Morgan fingerprint density at radius 2 is 1.83 bits per heavy atom. The lowest BCUT2D eigenvalue weighted by molar-refractivity contribution is -0.137. The minimum atomic E-state index is -4.68. The van der Waals surface area contributed by atoms with Gasteiger partial charge >= 0.3 is 6.18 Å². The van der Waals surface area contributed by atoms with Gasteiger partial charge in [-0.3, -0.25) is 4.79 Å². The highest BCUT2D eigenvalue weighted by Gasteiger charge is 2.36. The predicted octanol–water partition coefficient (Wildman–Crippen LogP) is 4.85. The molecule has 0 saturated carbocycles. The molecule has 1 atom stereocenters. The number of hydrogen-bond acceptors (Lipinski definition) is 5. The molecule has 0 aliphatic carbocycles. The molecule has 190 valence electrons. The topological polar surface area (TPSA) is 70.4 Å². The average molecular weight is 499 g/mol. The second-order valence-electron chi connectivity index (χ2n) is 9.77. The first-order valence-electron chi connectivity index (χ1n) is 12.2. The monoisotopic (exact) mass is 498 g/mol. The zero-order valence-corrected chi connectivity index (χ0v) is 20.3. The molecule has 36 heavy (non-hydrogen) atoms. The number of aryl methyl sites for hydroxylation is 2. The lowest BCUT2D eigenvalue weighted by atomic mass is 9.98. The Kier molecular flexibility index (Phi) is 6.28. The molecular weight excluding hydrogens is 469 g/mol. The number of aliphatic hydroxyl groups excluding tert-OH is 1. The Morgan fingerprint density at radius 3 is 2.50 bits per heavy atom. The molecule has 1 saturated heterocycles. The van der Waals surface area contributed by atoms with Crippen molar-refractivity contribution in [3.05, 3.63) is 69.0 Å². The third-order valence-electron chi connectivity index (χ3n) is 6.89. The van der Waals surface area contributed by atoms with E-state index in [2.05, 4.69) is 10.4 Å². The minimum Gasteiger partial charge on any atom is -0.391 e. The molecular formula is C27H29F3N4O2. The van der Waals surface area contributed by atoms with Crippen LogP contribution in [-0.4, -0.2) is 40.6 Å². The van der Waals surface area contributed by atoms with Crippen LogP contribution in [0.25, 0.3) is 16.9 Å². The fourth-order valence-corrected chi connectivity index (χ4v) is 5.24. The Balaban J connectivity index is 1.78. The molecule has 1 unspecified atom stereocenters. The molecule has 2 aliphatic heterocycles. The number of aliphatic hydroxyl groups is 1. The smallest absolute Gasteiger partial charge is 0.391 e. The van der Waals surface area contributed by atoms with E-state index in [-0.39, 0.29) is 5.69 Å². The zero-order valence-electron chi connectivity index (χ0n) is 20.3. The van der Waals surface area contributed by atoms with Gasteiger partial charge in [-0.2, -0.15) is 23.0 Å². The molecule has 0 bridgehead atoms. The molecule has 3 heterocycles. The van der Waals surface area contributed by atoms with Gasteiger partial charge < -0.3 is 15.3 Å². The molecule has 1 aromatic heterocycles. The van der Waals surface area contributed by atoms with Crippen molar-refractivity contribution in [2.24, 2.45) is 0 Å². The predicted molar refractivity (Wildman–Crippen MR) is 134 cm³/mol. The van der Waals surface area contributed by atoms with Crippen molar-refractivity contribution in [3.63, 3.8) is 0 Å². The summed E-state index contributed by atoms with van der Waals surface area (Å²) in [6.07, 6.45) is -2.37. The van der Waals surface area contributed by atoms with Crippen LogP contribution < -0.4 is 15.8 Å². The number of halogens is 3. The van der Waals surface area contributed by atoms with Gasteiger partial charge in [0.2, 0.25) is 0 Å². The van der Waals surface area contributed by atoms with Crippen molar-refractivity contribution >= 4 is 11.4 Å². The first kappa shape index (κ1) is 24.4. The Bertz CT molecular complexity index is 1350. The highest BCUT2D eigenvalue weighted by Crippen LogP contribution is 2.37. The molecule has 1 fully saturated rings. The first-order valence-corrected chi connectivity index (χ1v) is 12.2. The molecule has 0 spiro atoms. The maximum atomic E-state index is 14.2. The van der Waals surface area contributed by atoms with Crippen LogP contribution in [0.1, 0.15) is 41.5 Å². The van der Waals surface area contributed by atoms with Crippen LogP contribution in [0.15, 0.2) is 41.2 Å².